The molecule has 0 heterocycles. The van der Waals surface area contributed by atoms with Crippen molar-refractivity contribution < 1.29 is 17.9 Å². The van der Waals surface area contributed by atoms with E-state index in [2.05, 4.69) is 4.72 Å². The molecule has 23 heavy (non-hydrogen) atoms. The summed E-state index contributed by atoms with van der Waals surface area (Å²) in [5.74, 6) is 0.640. The second-order valence-electron chi connectivity index (χ2n) is 5.33. The van der Waals surface area contributed by atoms with E-state index in [0.29, 0.717) is 29.2 Å². The van der Waals surface area contributed by atoms with Crippen LogP contribution in [0.3, 0.4) is 0 Å². The zero-order valence-corrected chi connectivity index (χ0v) is 14.5. The third-order valence-corrected chi connectivity index (χ3v) is 5.11. The molecule has 5 nitrogen and oxygen atoms in total. The van der Waals surface area contributed by atoms with Crippen LogP contribution >= 0.6 is 0 Å². The number of anilines is 1. The molecule has 0 aliphatic carbocycles. The van der Waals surface area contributed by atoms with Crippen molar-refractivity contribution in [2.24, 2.45) is 0 Å². The lowest BCUT2D eigenvalue weighted by molar-refractivity contribution is 0.185. The Morgan fingerprint density at radius 1 is 1.04 bits per heavy atom. The van der Waals surface area contributed by atoms with E-state index >= 15 is 0 Å². The average Bonchev–Trinajstić information content (AvgIpc) is 2.46. The molecule has 2 aromatic rings. The van der Waals surface area contributed by atoms with Crippen molar-refractivity contribution in [1.82, 2.24) is 0 Å². The van der Waals surface area contributed by atoms with Gasteiger partial charge in [-0.1, -0.05) is 12.1 Å². The molecule has 1 N–H and O–H groups in total. The summed E-state index contributed by atoms with van der Waals surface area (Å²) in [6, 6.07) is 10.6. The van der Waals surface area contributed by atoms with E-state index in [1.165, 1.54) is 0 Å². The summed E-state index contributed by atoms with van der Waals surface area (Å²) in [5.41, 5.74) is 2.69. The minimum Gasteiger partial charge on any atom is -0.497 e. The standard InChI is InChI=1S/C17H21NO4S/c1-12-8-16(22-4)9-13(2)17(12)23(19,20)18-15-7-5-6-14(10-15)11-21-3/h5-10,18H,11H2,1-4H3. The molecule has 0 saturated carbocycles. The molecule has 124 valence electrons. The first-order valence-corrected chi connectivity index (χ1v) is 8.61. The molecule has 0 aromatic heterocycles. The lowest BCUT2D eigenvalue weighted by Crippen LogP contribution is -2.16. The van der Waals surface area contributed by atoms with Crippen molar-refractivity contribution in [3.8, 4) is 5.75 Å². The highest BCUT2D eigenvalue weighted by atomic mass is 32.2. The van der Waals surface area contributed by atoms with Crippen LogP contribution in [0.4, 0.5) is 5.69 Å². The summed E-state index contributed by atoms with van der Waals surface area (Å²) < 4.78 is 38.3. The van der Waals surface area contributed by atoms with E-state index in [9.17, 15) is 8.42 Å². The Morgan fingerprint density at radius 2 is 1.70 bits per heavy atom. The molecule has 0 bridgehead atoms. The van der Waals surface area contributed by atoms with Crippen molar-refractivity contribution >= 4 is 15.7 Å². The molecule has 2 rings (SSSR count). The smallest absolute Gasteiger partial charge is 0.262 e. The van der Waals surface area contributed by atoms with Crippen LogP contribution in [0, 0.1) is 13.8 Å². The van der Waals surface area contributed by atoms with Gasteiger partial charge in [0.2, 0.25) is 0 Å². The van der Waals surface area contributed by atoms with Crippen LogP contribution in [0.2, 0.25) is 0 Å². The Kier molecular flexibility index (Phi) is 5.28. The largest absolute Gasteiger partial charge is 0.497 e. The minimum absolute atomic E-state index is 0.274. The van der Waals surface area contributed by atoms with E-state index in [-0.39, 0.29) is 4.90 Å². The fourth-order valence-corrected chi connectivity index (χ4v) is 4.05. The first-order valence-electron chi connectivity index (χ1n) is 7.13. The summed E-state index contributed by atoms with van der Waals surface area (Å²) >= 11 is 0. The third-order valence-electron chi connectivity index (χ3n) is 3.43. The van der Waals surface area contributed by atoms with Crippen LogP contribution in [0.1, 0.15) is 16.7 Å². The van der Waals surface area contributed by atoms with Gasteiger partial charge in [-0.2, -0.15) is 0 Å². The zero-order chi connectivity index (χ0) is 17.0. The summed E-state index contributed by atoms with van der Waals surface area (Å²) in [4.78, 5) is 0.274. The fourth-order valence-electron chi connectivity index (χ4n) is 2.55. The van der Waals surface area contributed by atoms with E-state index in [0.717, 1.165) is 5.56 Å². The van der Waals surface area contributed by atoms with Gasteiger partial charge in [-0.15, -0.1) is 0 Å². The molecular weight excluding hydrogens is 314 g/mol. The number of benzene rings is 2. The van der Waals surface area contributed by atoms with Gasteiger partial charge in [0.25, 0.3) is 10.0 Å². The number of rotatable bonds is 6. The van der Waals surface area contributed by atoms with Crippen LogP contribution in [0.25, 0.3) is 0 Å². The molecule has 0 aliphatic rings. The Labute approximate surface area is 137 Å². The van der Waals surface area contributed by atoms with Crippen LogP contribution in [-0.2, 0) is 21.4 Å². The second kappa shape index (κ2) is 7.02. The van der Waals surface area contributed by atoms with E-state index in [1.54, 1.807) is 58.4 Å². The van der Waals surface area contributed by atoms with Crippen molar-refractivity contribution in [2.45, 2.75) is 25.3 Å². The van der Waals surface area contributed by atoms with E-state index < -0.39 is 10.0 Å². The van der Waals surface area contributed by atoms with Crippen LogP contribution in [0.15, 0.2) is 41.3 Å². The quantitative estimate of drug-likeness (QED) is 0.880. The average molecular weight is 335 g/mol. The number of aryl methyl sites for hydroxylation is 2. The van der Waals surface area contributed by atoms with Gasteiger partial charge >= 0.3 is 0 Å². The number of methoxy groups -OCH3 is 2. The lowest BCUT2D eigenvalue weighted by atomic mass is 10.1. The number of ether oxygens (including phenoxy) is 2. The third kappa shape index (κ3) is 4.03. The Bertz CT molecular complexity index is 777. The second-order valence-corrected chi connectivity index (χ2v) is 6.95. The highest BCUT2D eigenvalue weighted by Gasteiger charge is 2.20. The van der Waals surface area contributed by atoms with Gasteiger partial charge < -0.3 is 9.47 Å². The van der Waals surface area contributed by atoms with Crippen molar-refractivity contribution in [3.63, 3.8) is 0 Å². The normalized spacial score (nSPS) is 11.3. The van der Waals surface area contributed by atoms with Gasteiger partial charge in [0.15, 0.2) is 0 Å². The molecule has 0 spiro atoms. The van der Waals surface area contributed by atoms with Gasteiger partial charge in [0.05, 0.1) is 18.6 Å². The van der Waals surface area contributed by atoms with Gasteiger partial charge in [-0.3, -0.25) is 4.72 Å². The van der Waals surface area contributed by atoms with Crippen molar-refractivity contribution in [2.75, 3.05) is 18.9 Å². The first-order chi connectivity index (χ1) is 10.9. The highest BCUT2D eigenvalue weighted by molar-refractivity contribution is 7.92. The summed E-state index contributed by atoms with van der Waals surface area (Å²) in [5, 5.41) is 0. The molecule has 0 atom stereocenters. The maximum atomic E-state index is 12.7. The maximum Gasteiger partial charge on any atom is 0.262 e. The number of nitrogens with one attached hydrogen (secondary N) is 1. The van der Waals surface area contributed by atoms with Crippen molar-refractivity contribution in [3.05, 3.63) is 53.1 Å². The predicted molar refractivity (Wildman–Crippen MR) is 90.4 cm³/mol. The fraction of sp³-hybridized carbons (Fsp3) is 0.294. The monoisotopic (exact) mass is 335 g/mol. The van der Waals surface area contributed by atoms with Gasteiger partial charge in [-0.25, -0.2) is 8.42 Å². The molecule has 0 amide bonds. The zero-order valence-electron chi connectivity index (χ0n) is 13.7. The first kappa shape index (κ1) is 17.3. The predicted octanol–water partition coefficient (Wildman–Crippen LogP) is 3.26. The van der Waals surface area contributed by atoms with Crippen LogP contribution in [-0.4, -0.2) is 22.6 Å². The molecule has 0 radical (unpaired) electrons. The minimum atomic E-state index is -3.68. The molecule has 0 saturated heterocycles. The highest BCUT2D eigenvalue weighted by Crippen LogP contribution is 2.27. The molecule has 0 unspecified atom stereocenters. The Balaban J connectivity index is 2.38. The molecule has 0 aliphatic heterocycles. The Hall–Kier alpha value is -2.05. The lowest BCUT2D eigenvalue weighted by Gasteiger charge is -2.15. The van der Waals surface area contributed by atoms with Gasteiger partial charge in [0.1, 0.15) is 5.75 Å². The van der Waals surface area contributed by atoms with Crippen LogP contribution < -0.4 is 9.46 Å². The van der Waals surface area contributed by atoms with E-state index in [1.807, 2.05) is 6.07 Å². The van der Waals surface area contributed by atoms with Gasteiger partial charge in [-0.05, 0) is 54.8 Å². The van der Waals surface area contributed by atoms with Crippen molar-refractivity contribution in [1.29, 1.82) is 0 Å². The summed E-state index contributed by atoms with van der Waals surface area (Å²) in [7, 11) is -0.522. The molecule has 0 fully saturated rings. The van der Waals surface area contributed by atoms with Crippen LogP contribution in [0.5, 0.6) is 5.75 Å². The molecular formula is C17H21NO4S. The Morgan fingerprint density at radius 3 is 2.26 bits per heavy atom. The van der Waals surface area contributed by atoms with Gasteiger partial charge in [0, 0.05) is 12.8 Å². The number of sulfonamides is 1. The van der Waals surface area contributed by atoms with E-state index in [4.69, 9.17) is 9.47 Å². The number of hydrogen-bond acceptors (Lipinski definition) is 4. The maximum absolute atomic E-state index is 12.7. The number of hydrogen-bond donors (Lipinski definition) is 1. The summed E-state index contributed by atoms with van der Waals surface area (Å²) in [6.07, 6.45) is 0. The molecule has 2 aromatic carbocycles. The SMILES string of the molecule is COCc1cccc(NS(=O)(=O)c2c(C)cc(OC)cc2C)c1. The summed E-state index contributed by atoms with van der Waals surface area (Å²) in [6.45, 7) is 3.94. The molecule has 6 heteroatoms. The topological polar surface area (TPSA) is 64.6 Å².